The van der Waals surface area contributed by atoms with Crippen LogP contribution in [0.25, 0.3) is 11.1 Å². The summed E-state index contributed by atoms with van der Waals surface area (Å²) in [5.41, 5.74) is 3.91. The number of carbonyl (C=O) groups is 2. The monoisotopic (exact) mass is 444 g/mol. The summed E-state index contributed by atoms with van der Waals surface area (Å²) in [6, 6.07) is 5.66. The van der Waals surface area contributed by atoms with Gasteiger partial charge < -0.3 is 25.5 Å². The lowest BCUT2D eigenvalue weighted by Crippen LogP contribution is -2.35. The Morgan fingerprint density at radius 1 is 1.31 bits per heavy atom. The molecule has 2 aromatic rings. The number of H-pyrrole nitrogens is 1. The van der Waals surface area contributed by atoms with E-state index in [0.29, 0.717) is 5.69 Å². The van der Waals surface area contributed by atoms with Gasteiger partial charge in [0.2, 0.25) is 5.56 Å². The Morgan fingerprint density at radius 3 is 2.56 bits per heavy atom. The zero-order chi connectivity index (χ0) is 24.1. The molecule has 0 saturated carbocycles. The molecule has 0 aliphatic heterocycles. The van der Waals surface area contributed by atoms with Crippen molar-refractivity contribution >= 4 is 17.9 Å². The number of nitro groups is 1. The van der Waals surface area contributed by atoms with Gasteiger partial charge in [0, 0.05) is 11.8 Å². The van der Waals surface area contributed by atoms with Crippen LogP contribution in [-0.2, 0) is 4.74 Å². The third-order valence-corrected chi connectivity index (χ3v) is 4.03. The third-order valence-electron chi connectivity index (χ3n) is 4.03. The molecule has 0 aliphatic rings. The number of aromatic amines is 1. The quantitative estimate of drug-likeness (QED) is 0.333. The van der Waals surface area contributed by atoms with Crippen molar-refractivity contribution in [2.75, 3.05) is 0 Å². The van der Waals surface area contributed by atoms with Gasteiger partial charge in [-0.3, -0.25) is 14.9 Å². The molecule has 1 heterocycles. The molecule has 0 spiro atoms. The number of amides is 2. The summed E-state index contributed by atoms with van der Waals surface area (Å²) in [5.74, 6) is -0.117. The second kappa shape index (κ2) is 9.77. The van der Waals surface area contributed by atoms with Crippen LogP contribution in [0.2, 0.25) is 0 Å². The largest absolute Gasteiger partial charge is 0.444 e. The van der Waals surface area contributed by atoms with Crippen LogP contribution in [0.1, 0.15) is 38.9 Å². The normalized spacial score (nSPS) is 11.8. The van der Waals surface area contributed by atoms with Gasteiger partial charge in [0.05, 0.1) is 22.6 Å². The van der Waals surface area contributed by atoms with E-state index in [1.165, 1.54) is 24.3 Å². The first-order valence-corrected chi connectivity index (χ1v) is 9.50. The highest BCUT2D eigenvalue weighted by Crippen LogP contribution is 2.33. The fourth-order valence-electron chi connectivity index (χ4n) is 2.87. The van der Waals surface area contributed by atoms with Gasteiger partial charge in [-0.25, -0.2) is 9.59 Å². The molecule has 0 aliphatic carbocycles. The number of nitrogens with two attached hydrogens (primary N) is 1. The number of nitro benzene ring substituents is 1. The Morgan fingerprint density at radius 2 is 2.00 bits per heavy atom. The summed E-state index contributed by atoms with van der Waals surface area (Å²) in [6.07, 6.45) is -0.0158. The molecule has 1 aromatic heterocycles. The minimum Gasteiger partial charge on any atom is -0.444 e. The minimum atomic E-state index is -1.12. The molecule has 0 bridgehead atoms. The Bertz CT molecular complexity index is 1100. The molecule has 11 heteroatoms. The van der Waals surface area contributed by atoms with Gasteiger partial charge in [-0.2, -0.15) is 0 Å². The van der Waals surface area contributed by atoms with Gasteiger partial charge in [-0.1, -0.05) is 6.08 Å². The van der Waals surface area contributed by atoms with Crippen LogP contribution in [0.3, 0.4) is 0 Å². The highest BCUT2D eigenvalue weighted by atomic mass is 16.6. The second-order valence-electron chi connectivity index (χ2n) is 7.77. The summed E-state index contributed by atoms with van der Waals surface area (Å²) < 4.78 is 9.95. The van der Waals surface area contributed by atoms with Crippen LogP contribution in [0.5, 0.6) is 5.75 Å². The Labute approximate surface area is 183 Å². The first-order chi connectivity index (χ1) is 14.9. The van der Waals surface area contributed by atoms with Gasteiger partial charge in [0.1, 0.15) is 11.4 Å². The highest BCUT2D eigenvalue weighted by molar-refractivity contribution is 5.76. The Hall–Kier alpha value is -4.15. The van der Waals surface area contributed by atoms with Gasteiger partial charge in [0.15, 0.2) is 0 Å². The van der Waals surface area contributed by atoms with Crippen molar-refractivity contribution in [2.24, 2.45) is 5.73 Å². The van der Waals surface area contributed by atoms with Crippen LogP contribution in [0.15, 0.2) is 47.8 Å². The second-order valence-corrected chi connectivity index (χ2v) is 7.77. The summed E-state index contributed by atoms with van der Waals surface area (Å²) in [7, 11) is 0. The third kappa shape index (κ3) is 6.69. The van der Waals surface area contributed by atoms with Crippen LogP contribution in [0, 0.1) is 10.1 Å². The van der Waals surface area contributed by atoms with E-state index in [1.807, 2.05) is 0 Å². The van der Waals surface area contributed by atoms with Gasteiger partial charge in [-0.15, -0.1) is 6.58 Å². The number of pyridine rings is 1. The maximum Gasteiger partial charge on any atom is 0.409 e. The highest BCUT2D eigenvalue weighted by Gasteiger charge is 2.23. The number of alkyl carbamates (subject to hydrolysis) is 1. The molecule has 0 radical (unpaired) electrons. The maximum atomic E-state index is 12.3. The molecule has 1 aromatic carbocycles. The molecular weight excluding hydrogens is 420 g/mol. The lowest BCUT2D eigenvalue weighted by molar-refractivity contribution is -0.384. The van der Waals surface area contributed by atoms with Gasteiger partial charge >= 0.3 is 12.2 Å². The van der Waals surface area contributed by atoms with Gasteiger partial charge in [0.25, 0.3) is 5.69 Å². The topological polar surface area (TPSA) is 167 Å². The summed E-state index contributed by atoms with van der Waals surface area (Å²) in [6.45, 7) is 8.79. The van der Waals surface area contributed by atoms with Crippen LogP contribution in [0.4, 0.5) is 15.3 Å². The number of hydrogen-bond donors (Lipinski definition) is 3. The lowest BCUT2D eigenvalue weighted by Gasteiger charge is -2.23. The van der Waals surface area contributed by atoms with Gasteiger partial charge in [-0.05, 0) is 51.0 Å². The number of nitrogens with one attached hydrogen (secondary N) is 2. The van der Waals surface area contributed by atoms with Crippen molar-refractivity contribution in [3.05, 3.63) is 69.1 Å². The zero-order valence-electron chi connectivity index (χ0n) is 17.8. The number of primary amides is 1. The van der Waals surface area contributed by atoms with E-state index in [-0.39, 0.29) is 23.3 Å². The van der Waals surface area contributed by atoms with Crippen molar-refractivity contribution in [3.8, 4) is 16.9 Å². The number of aromatic nitrogens is 1. The summed E-state index contributed by atoms with van der Waals surface area (Å²) >= 11 is 0. The lowest BCUT2D eigenvalue weighted by atomic mass is 10.0. The first kappa shape index (κ1) is 24.1. The number of carbonyl (C=O) groups excluding carboxylic acids is 2. The number of ether oxygens (including phenoxy) is 2. The van der Waals surface area contributed by atoms with Crippen LogP contribution >= 0.6 is 0 Å². The SMILES string of the molecule is C=CCC(NC(=O)OC(C)(C)C)c1cc(-c2ccc(OC(N)=O)cc2[N+](=O)[O-])cc(=O)[nH]1. The summed E-state index contributed by atoms with van der Waals surface area (Å²) in [4.78, 5) is 49.0. The molecule has 0 fully saturated rings. The van der Waals surface area contributed by atoms with E-state index in [1.54, 1.807) is 26.8 Å². The molecule has 2 rings (SSSR count). The minimum absolute atomic E-state index is 0.105. The first-order valence-electron chi connectivity index (χ1n) is 9.50. The Balaban J connectivity index is 2.50. The van der Waals surface area contributed by atoms with E-state index in [2.05, 4.69) is 16.9 Å². The maximum absolute atomic E-state index is 12.3. The van der Waals surface area contributed by atoms with E-state index in [9.17, 15) is 24.5 Å². The van der Waals surface area contributed by atoms with Crippen molar-refractivity contribution < 1.29 is 24.0 Å². The molecule has 2 amide bonds. The molecule has 170 valence electrons. The standard InChI is InChI=1S/C21H24N4O7/c1-5-6-15(24-20(28)32-21(2,3)4)16-9-12(10-18(26)23-16)14-8-7-13(31-19(22)27)11-17(14)25(29)30/h5,7-11,15H,1,6H2,2-4H3,(H2,22,27)(H,23,26)(H,24,28). The predicted octanol–water partition coefficient (Wildman–Crippen LogP) is 3.55. The zero-order valence-corrected chi connectivity index (χ0v) is 17.8. The van der Waals surface area contributed by atoms with E-state index in [4.69, 9.17) is 15.2 Å². The van der Waals surface area contributed by atoms with Crippen molar-refractivity contribution in [2.45, 2.75) is 38.8 Å². The molecule has 11 nitrogen and oxygen atoms in total. The van der Waals surface area contributed by atoms with E-state index < -0.39 is 40.0 Å². The molecule has 1 unspecified atom stereocenters. The van der Waals surface area contributed by atoms with E-state index in [0.717, 1.165) is 6.07 Å². The van der Waals surface area contributed by atoms with Crippen molar-refractivity contribution in [1.29, 1.82) is 0 Å². The van der Waals surface area contributed by atoms with Crippen LogP contribution < -0.4 is 21.3 Å². The van der Waals surface area contributed by atoms with Crippen molar-refractivity contribution in [3.63, 3.8) is 0 Å². The predicted molar refractivity (Wildman–Crippen MR) is 116 cm³/mol. The van der Waals surface area contributed by atoms with Crippen molar-refractivity contribution in [1.82, 2.24) is 10.3 Å². The molecule has 1 atom stereocenters. The Kier molecular flexibility index (Phi) is 7.37. The van der Waals surface area contributed by atoms with E-state index >= 15 is 0 Å². The fraction of sp³-hybridized carbons (Fsp3) is 0.286. The fourth-order valence-corrected chi connectivity index (χ4v) is 2.87. The number of rotatable bonds is 7. The number of hydrogen-bond acceptors (Lipinski definition) is 7. The molecule has 4 N–H and O–H groups in total. The summed E-state index contributed by atoms with van der Waals surface area (Å²) in [5, 5.41) is 14.2. The van der Waals surface area contributed by atoms with Crippen LogP contribution in [-0.4, -0.2) is 27.7 Å². The molecular formula is C21H24N4O7. The number of benzene rings is 1. The number of nitrogens with zero attached hydrogens (tertiary/aromatic N) is 1. The average Bonchev–Trinajstić information content (AvgIpc) is 2.65. The smallest absolute Gasteiger partial charge is 0.409 e. The average molecular weight is 444 g/mol. The molecule has 32 heavy (non-hydrogen) atoms. The molecule has 0 saturated heterocycles.